The Kier molecular flexibility index (Phi) is 81.7. The van der Waals surface area contributed by atoms with Crippen LogP contribution in [-0.2, 0) is 65.4 Å². The van der Waals surface area contributed by atoms with Crippen LogP contribution in [0.3, 0.4) is 0 Å². The number of rotatable bonds is 91. The normalized spacial score (nSPS) is 13.7. The van der Waals surface area contributed by atoms with Gasteiger partial charge in [-0.25, -0.2) is 9.13 Å². The van der Waals surface area contributed by atoms with Gasteiger partial charge in [-0.3, -0.25) is 37.3 Å². The summed E-state index contributed by atoms with van der Waals surface area (Å²) in [6.45, 7) is 9.77. The van der Waals surface area contributed by atoms with Crippen molar-refractivity contribution < 1.29 is 80.2 Å². The third-order valence-corrected chi connectivity index (χ3v) is 23.6. The number of ether oxygens (including phenoxy) is 4. The van der Waals surface area contributed by atoms with E-state index in [1.165, 1.54) is 315 Å². The minimum absolute atomic E-state index is 0.109. The van der Waals surface area contributed by atoms with Crippen molar-refractivity contribution in [2.45, 2.75) is 516 Å². The first kappa shape index (κ1) is 109. The molecule has 3 N–H and O–H groups in total. The van der Waals surface area contributed by atoms with E-state index in [4.69, 9.17) is 37.0 Å². The summed E-state index contributed by atoms with van der Waals surface area (Å²) in [7, 11) is -9.94. The highest BCUT2D eigenvalue weighted by Gasteiger charge is 2.31. The molecule has 660 valence electrons. The molecule has 0 fully saturated rings. The molecule has 0 aromatic heterocycles. The molecular formula is C92H180O17P2. The zero-order valence-electron chi connectivity index (χ0n) is 73.3. The van der Waals surface area contributed by atoms with Gasteiger partial charge in [-0.15, -0.1) is 0 Å². The van der Waals surface area contributed by atoms with E-state index in [1.807, 2.05) is 0 Å². The summed E-state index contributed by atoms with van der Waals surface area (Å²) in [5, 5.41) is 10.7. The smallest absolute Gasteiger partial charge is 0.462 e. The lowest BCUT2D eigenvalue weighted by molar-refractivity contribution is -0.161. The molecule has 0 radical (unpaired) electrons. The van der Waals surface area contributed by atoms with Gasteiger partial charge in [0.05, 0.1) is 26.4 Å². The molecule has 0 amide bonds. The number of aliphatic hydroxyl groups is 1. The molecule has 0 aliphatic heterocycles. The summed E-state index contributed by atoms with van der Waals surface area (Å²) >= 11 is 0. The average molecular weight is 1620 g/mol. The van der Waals surface area contributed by atoms with E-state index in [9.17, 15) is 43.2 Å². The lowest BCUT2D eigenvalue weighted by Gasteiger charge is -2.21. The molecule has 0 aliphatic carbocycles. The first-order valence-electron chi connectivity index (χ1n) is 47.5. The van der Waals surface area contributed by atoms with Crippen LogP contribution in [0.1, 0.15) is 497 Å². The largest absolute Gasteiger partial charge is 0.472 e. The number of esters is 4. The van der Waals surface area contributed by atoms with E-state index in [2.05, 4.69) is 41.5 Å². The standard InChI is InChI=1S/C92H180O17P2/c1-7-9-11-13-15-17-19-21-22-23-24-25-26-27-34-40-46-52-58-64-70-76-91(96)109-88(81-103-90(95)75-69-63-57-51-45-39-33-29-28-31-37-42-48-54-60-66-72-84(3)4)83-107-111(100,101)105-79-86(93)78-104-110(98,99)106-82-87(80-102-89(94)74-68-62-56-50-44-36-20-18-16-14-12-10-8-2)108-92(97)77-71-65-59-53-47-41-35-30-32-38-43-49-55-61-67-73-85(5)6/h84-88,93H,7-83H2,1-6H3,(H,98,99)(H,100,101)/t86-,87+,88+/m0/s1. The molecule has 0 aromatic carbocycles. The Hall–Kier alpha value is -1.94. The molecule has 0 rings (SSSR count). The number of hydrogen-bond donors (Lipinski definition) is 3. The van der Waals surface area contributed by atoms with Gasteiger partial charge in [0.1, 0.15) is 19.3 Å². The average Bonchev–Trinajstić information content (AvgIpc) is 0.900. The van der Waals surface area contributed by atoms with Crippen molar-refractivity contribution in [2.75, 3.05) is 39.6 Å². The Balaban J connectivity index is 5.26. The zero-order chi connectivity index (χ0) is 81.3. The molecule has 17 nitrogen and oxygen atoms in total. The SMILES string of the molecule is CCCCCCCCCCCCCCCCCCCCCCCC(=O)O[C@H](COC(=O)CCCCCCCCCCCCCCCCCCC(C)C)COP(=O)(O)OC[C@@H](O)COP(=O)(O)OC[C@@H](COC(=O)CCCCCCCCCCCCCCC)OC(=O)CCCCCCCCCCCCCCCCCC(C)C. The van der Waals surface area contributed by atoms with Crippen molar-refractivity contribution >= 4 is 39.5 Å². The fraction of sp³-hybridized carbons (Fsp3) is 0.957. The lowest BCUT2D eigenvalue weighted by atomic mass is 10.0. The molecule has 0 saturated carbocycles. The van der Waals surface area contributed by atoms with Crippen LogP contribution in [0.5, 0.6) is 0 Å². The van der Waals surface area contributed by atoms with Crippen LogP contribution in [0.15, 0.2) is 0 Å². The molecule has 5 atom stereocenters. The Bertz CT molecular complexity index is 2120. The van der Waals surface area contributed by atoms with Crippen molar-refractivity contribution in [1.82, 2.24) is 0 Å². The van der Waals surface area contributed by atoms with E-state index in [-0.39, 0.29) is 25.7 Å². The van der Waals surface area contributed by atoms with E-state index in [1.54, 1.807) is 0 Å². The predicted octanol–water partition coefficient (Wildman–Crippen LogP) is 28.6. The fourth-order valence-electron chi connectivity index (χ4n) is 14.5. The Labute approximate surface area is 683 Å². The van der Waals surface area contributed by atoms with E-state index in [0.717, 1.165) is 102 Å². The molecule has 111 heavy (non-hydrogen) atoms. The summed E-state index contributed by atoms with van der Waals surface area (Å²) in [4.78, 5) is 73.5. The summed E-state index contributed by atoms with van der Waals surface area (Å²) in [5.74, 6) is -0.477. The molecule has 19 heteroatoms. The van der Waals surface area contributed by atoms with Crippen molar-refractivity contribution in [3.05, 3.63) is 0 Å². The van der Waals surface area contributed by atoms with Crippen molar-refractivity contribution in [3.63, 3.8) is 0 Å². The molecular weight excluding hydrogens is 1440 g/mol. The molecule has 0 aromatic rings. The van der Waals surface area contributed by atoms with Gasteiger partial charge in [0.2, 0.25) is 0 Å². The van der Waals surface area contributed by atoms with Crippen LogP contribution in [0.2, 0.25) is 0 Å². The predicted molar refractivity (Wildman–Crippen MR) is 460 cm³/mol. The van der Waals surface area contributed by atoms with Crippen LogP contribution < -0.4 is 0 Å². The molecule has 0 saturated heterocycles. The van der Waals surface area contributed by atoms with Gasteiger partial charge >= 0.3 is 39.5 Å². The summed E-state index contributed by atoms with van der Waals surface area (Å²) in [5.41, 5.74) is 0. The molecule has 0 spiro atoms. The highest BCUT2D eigenvalue weighted by atomic mass is 31.2. The highest BCUT2D eigenvalue weighted by molar-refractivity contribution is 7.47. The number of carbonyl (C=O) groups excluding carboxylic acids is 4. The second kappa shape index (κ2) is 83.1. The fourth-order valence-corrected chi connectivity index (χ4v) is 16.1. The number of phosphoric ester groups is 2. The highest BCUT2D eigenvalue weighted by Crippen LogP contribution is 2.45. The topological polar surface area (TPSA) is 237 Å². The van der Waals surface area contributed by atoms with E-state index < -0.39 is 97.5 Å². The first-order valence-corrected chi connectivity index (χ1v) is 50.5. The van der Waals surface area contributed by atoms with Crippen LogP contribution in [0.25, 0.3) is 0 Å². The van der Waals surface area contributed by atoms with Gasteiger partial charge in [-0.1, -0.05) is 446 Å². The van der Waals surface area contributed by atoms with Gasteiger partial charge < -0.3 is 33.8 Å². The van der Waals surface area contributed by atoms with Crippen molar-refractivity contribution in [3.8, 4) is 0 Å². The van der Waals surface area contributed by atoms with Crippen LogP contribution in [0, 0.1) is 11.8 Å². The third-order valence-electron chi connectivity index (χ3n) is 21.7. The quantitative estimate of drug-likeness (QED) is 0.0222. The molecule has 2 unspecified atom stereocenters. The summed E-state index contributed by atoms with van der Waals surface area (Å²) in [6.07, 6.45) is 77.8. The van der Waals surface area contributed by atoms with Crippen LogP contribution in [0.4, 0.5) is 0 Å². The molecule has 0 heterocycles. The number of hydrogen-bond acceptors (Lipinski definition) is 15. The number of carbonyl (C=O) groups is 4. The van der Waals surface area contributed by atoms with E-state index in [0.29, 0.717) is 25.7 Å². The second-order valence-electron chi connectivity index (χ2n) is 34.0. The van der Waals surface area contributed by atoms with Crippen molar-refractivity contribution in [1.29, 1.82) is 0 Å². The third kappa shape index (κ3) is 85.8. The van der Waals surface area contributed by atoms with Gasteiger partial charge in [-0.2, -0.15) is 0 Å². The Morgan fingerprint density at radius 2 is 0.414 bits per heavy atom. The van der Waals surface area contributed by atoms with Gasteiger partial charge in [0.15, 0.2) is 12.2 Å². The maximum atomic E-state index is 13.2. The molecule has 0 bridgehead atoms. The zero-order valence-corrected chi connectivity index (χ0v) is 75.1. The summed E-state index contributed by atoms with van der Waals surface area (Å²) < 4.78 is 69.1. The lowest BCUT2D eigenvalue weighted by Crippen LogP contribution is -2.30. The van der Waals surface area contributed by atoms with Crippen molar-refractivity contribution in [2.24, 2.45) is 11.8 Å². The minimum Gasteiger partial charge on any atom is -0.462 e. The maximum absolute atomic E-state index is 13.2. The first-order chi connectivity index (χ1) is 53.9. The second-order valence-corrected chi connectivity index (χ2v) is 36.9. The number of aliphatic hydroxyl groups excluding tert-OH is 1. The summed E-state index contributed by atoms with van der Waals surface area (Å²) in [6, 6.07) is 0. The van der Waals surface area contributed by atoms with Crippen LogP contribution in [-0.4, -0.2) is 96.7 Å². The Morgan fingerprint density at radius 3 is 0.613 bits per heavy atom. The monoisotopic (exact) mass is 1620 g/mol. The van der Waals surface area contributed by atoms with Gasteiger partial charge in [0.25, 0.3) is 0 Å². The number of unbranched alkanes of at least 4 members (excludes halogenated alkanes) is 61. The Morgan fingerprint density at radius 1 is 0.243 bits per heavy atom. The van der Waals surface area contributed by atoms with Gasteiger partial charge in [0, 0.05) is 25.7 Å². The van der Waals surface area contributed by atoms with E-state index >= 15 is 0 Å². The van der Waals surface area contributed by atoms with Crippen LogP contribution >= 0.6 is 15.6 Å². The maximum Gasteiger partial charge on any atom is 0.472 e. The number of phosphoric acid groups is 2. The minimum atomic E-state index is -4.97. The van der Waals surface area contributed by atoms with Gasteiger partial charge in [-0.05, 0) is 37.5 Å². The molecule has 0 aliphatic rings.